The van der Waals surface area contributed by atoms with Crippen LogP contribution in [-0.4, -0.2) is 42.7 Å². The second-order valence-corrected chi connectivity index (χ2v) is 8.83. The molecule has 5 rings (SSSR count). The molecule has 2 heterocycles. The average molecular weight is 487 g/mol. The normalized spacial score (nSPS) is 11.7. The number of hydrogen-bond acceptors (Lipinski definition) is 8. The summed E-state index contributed by atoms with van der Waals surface area (Å²) in [6.45, 7) is 0.792. The minimum Gasteiger partial charge on any atom is -0.492 e. The molecular weight excluding hydrogens is 464 g/mol. The lowest BCUT2D eigenvalue weighted by molar-refractivity contribution is 0.299. The van der Waals surface area contributed by atoms with Gasteiger partial charge in [0, 0.05) is 17.5 Å². The maximum atomic E-state index is 12.6. The molecule has 0 radical (unpaired) electrons. The minimum atomic E-state index is -0.0558. The Morgan fingerprint density at radius 3 is 2.60 bits per heavy atom. The van der Waals surface area contributed by atoms with Gasteiger partial charge in [0.15, 0.2) is 5.82 Å². The lowest BCUT2D eigenvalue weighted by Gasteiger charge is -2.09. The number of tetrazole rings is 1. The number of nitrogens with zero attached hydrogens (tertiary/aromatic N) is 5. The van der Waals surface area contributed by atoms with Crippen LogP contribution >= 0.6 is 11.3 Å². The van der Waals surface area contributed by atoms with Crippen molar-refractivity contribution in [2.75, 3.05) is 6.61 Å². The van der Waals surface area contributed by atoms with Crippen LogP contribution in [0.3, 0.4) is 0 Å². The summed E-state index contributed by atoms with van der Waals surface area (Å²) in [4.78, 5) is 12.6. The van der Waals surface area contributed by atoms with Crippen LogP contribution < -0.4 is 9.61 Å². The average Bonchev–Trinajstić information content (AvgIpc) is 3.52. The molecule has 0 aliphatic carbocycles. The van der Waals surface area contributed by atoms with Crippen molar-refractivity contribution in [3.05, 3.63) is 105 Å². The molecule has 5 aromatic rings. The topological polar surface area (TPSA) is 118 Å². The van der Waals surface area contributed by atoms with Gasteiger partial charge in [0.2, 0.25) is 0 Å². The van der Waals surface area contributed by atoms with Crippen LogP contribution in [0, 0.1) is 0 Å². The van der Waals surface area contributed by atoms with E-state index in [-0.39, 0.29) is 4.87 Å². The number of fused-ring (bicyclic) bond motifs is 1. The first-order valence-electron chi connectivity index (χ1n) is 11.1. The van der Waals surface area contributed by atoms with Gasteiger partial charge in [-0.2, -0.15) is 5.21 Å². The first kappa shape index (κ1) is 22.5. The van der Waals surface area contributed by atoms with Gasteiger partial charge in [0.05, 0.1) is 16.8 Å². The minimum absolute atomic E-state index is 0.0558. The molecule has 0 aliphatic rings. The van der Waals surface area contributed by atoms with Gasteiger partial charge in [-0.05, 0) is 36.2 Å². The number of benzene rings is 3. The second-order valence-electron chi connectivity index (χ2n) is 7.84. The third-order valence-corrected chi connectivity index (χ3v) is 6.56. The molecular formula is C25H22N6O3S. The predicted molar refractivity (Wildman–Crippen MR) is 133 cm³/mol. The first-order chi connectivity index (χ1) is 17.2. The monoisotopic (exact) mass is 486 g/mol. The highest BCUT2D eigenvalue weighted by atomic mass is 32.1. The van der Waals surface area contributed by atoms with E-state index in [1.807, 2.05) is 72.8 Å². The molecule has 3 aromatic carbocycles. The van der Waals surface area contributed by atoms with Crippen molar-refractivity contribution in [1.82, 2.24) is 25.2 Å². The SMILES string of the molecule is O=c1sc2cc(C(=NO)c3ccccc3)ccc2n1CCOc1ccc(CCc2nn[nH]n2)cc1. The summed E-state index contributed by atoms with van der Waals surface area (Å²) in [6.07, 6.45) is 1.52. The quantitative estimate of drug-likeness (QED) is 0.186. The Hall–Kier alpha value is -4.31. The van der Waals surface area contributed by atoms with Gasteiger partial charge in [-0.25, -0.2) is 0 Å². The maximum absolute atomic E-state index is 12.6. The lowest BCUT2D eigenvalue weighted by atomic mass is 10.0. The van der Waals surface area contributed by atoms with Gasteiger partial charge < -0.3 is 9.94 Å². The van der Waals surface area contributed by atoms with E-state index in [1.165, 1.54) is 11.3 Å². The third kappa shape index (κ3) is 5.12. The molecule has 2 aromatic heterocycles. The number of nitrogens with one attached hydrogen (secondary N) is 1. The fourth-order valence-electron chi connectivity index (χ4n) is 3.86. The third-order valence-electron chi connectivity index (χ3n) is 5.62. The summed E-state index contributed by atoms with van der Waals surface area (Å²) in [5.41, 5.74) is 3.99. The molecule has 0 bridgehead atoms. The van der Waals surface area contributed by atoms with E-state index in [0.29, 0.717) is 31.1 Å². The number of ether oxygens (including phenoxy) is 1. The van der Waals surface area contributed by atoms with Crippen LogP contribution in [0.4, 0.5) is 0 Å². The zero-order valence-corrected chi connectivity index (χ0v) is 19.5. The summed E-state index contributed by atoms with van der Waals surface area (Å²) in [6, 6.07) is 22.9. The van der Waals surface area contributed by atoms with E-state index in [9.17, 15) is 10.0 Å². The van der Waals surface area contributed by atoms with Crippen LogP contribution in [0.2, 0.25) is 0 Å². The number of aryl methyl sites for hydroxylation is 2. The number of H-pyrrole nitrogens is 1. The van der Waals surface area contributed by atoms with Gasteiger partial charge in [-0.1, -0.05) is 70.2 Å². The zero-order valence-electron chi connectivity index (χ0n) is 18.7. The smallest absolute Gasteiger partial charge is 0.308 e. The molecule has 176 valence electrons. The fourth-order valence-corrected chi connectivity index (χ4v) is 4.81. The summed E-state index contributed by atoms with van der Waals surface area (Å²) >= 11 is 1.17. The summed E-state index contributed by atoms with van der Waals surface area (Å²) in [7, 11) is 0. The Bertz CT molecular complexity index is 1490. The largest absolute Gasteiger partial charge is 0.492 e. The second kappa shape index (κ2) is 10.3. The molecule has 10 heteroatoms. The highest BCUT2D eigenvalue weighted by Crippen LogP contribution is 2.22. The summed E-state index contributed by atoms with van der Waals surface area (Å²) in [5, 5.41) is 27.0. The van der Waals surface area contributed by atoms with E-state index >= 15 is 0 Å². The molecule has 0 unspecified atom stereocenters. The van der Waals surface area contributed by atoms with E-state index in [2.05, 4.69) is 25.8 Å². The molecule has 0 amide bonds. The van der Waals surface area contributed by atoms with Crippen LogP contribution in [0.5, 0.6) is 5.75 Å². The Morgan fingerprint density at radius 2 is 1.86 bits per heavy atom. The number of hydrogen-bond donors (Lipinski definition) is 2. The maximum Gasteiger partial charge on any atom is 0.308 e. The predicted octanol–water partition coefficient (Wildman–Crippen LogP) is 3.67. The van der Waals surface area contributed by atoms with Crippen molar-refractivity contribution >= 4 is 27.3 Å². The molecule has 0 spiro atoms. The van der Waals surface area contributed by atoms with Crippen molar-refractivity contribution < 1.29 is 9.94 Å². The van der Waals surface area contributed by atoms with Crippen LogP contribution in [0.25, 0.3) is 10.2 Å². The van der Waals surface area contributed by atoms with Crippen LogP contribution in [-0.2, 0) is 19.4 Å². The van der Waals surface area contributed by atoms with Crippen molar-refractivity contribution in [3.8, 4) is 5.75 Å². The molecule has 35 heavy (non-hydrogen) atoms. The first-order valence-corrected chi connectivity index (χ1v) is 11.9. The Kier molecular flexibility index (Phi) is 6.62. The standard InChI is InChI=1S/C25H22N6O3S/c32-25-31(14-15-34-20-10-6-17(7-11-20)8-13-23-26-29-30-27-23)21-12-9-19(16-22(21)35-25)24(28-33)18-4-2-1-3-5-18/h1-7,9-12,16,33H,8,13-15H2,(H,26,27,29,30). The van der Waals surface area contributed by atoms with Crippen molar-refractivity contribution in [3.63, 3.8) is 0 Å². The molecule has 0 aliphatic heterocycles. The van der Waals surface area contributed by atoms with E-state index in [4.69, 9.17) is 4.74 Å². The molecule has 9 nitrogen and oxygen atoms in total. The molecule has 0 fully saturated rings. The highest BCUT2D eigenvalue weighted by molar-refractivity contribution is 7.16. The highest BCUT2D eigenvalue weighted by Gasteiger charge is 2.13. The summed E-state index contributed by atoms with van der Waals surface area (Å²) in [5.74, 6) is 1.43. The van der Waals surface area contributed by atoms with Crippen molar-refractivity contribution in [2.45, 2.75) is 19.4 Å². The van der Waals surface area contributed by atoms with Gasteiger partial charge in [0.25, 0.3) is 0 Å². The molecule has 2 N–H and O–H groups in total. The van der Waals surface area contributed by atoms with Crippen LogP contribution in [0.1, 0.15) is 22.5 Å². The van der Waals surface area contributed by atoms with Crippen molar-refractivity contribution in [1.29, 1.82) is 0 Å². The lowest BCUT2D eigenvalue weighted by Crippen LogP contribution is -2.17. The van der Waals surface area contributed by atoms with Gasteiger partial charge >= 0.3 is 4.87 Å². The number of rotatable bonds is 9. The Morgan fingerprint density at radius 1 is 1.03 bits per heavy atom. The van der Waals surface area contributed by atoms with Gasteiger partial charge in [0.1, 0.15) is 18.1 Å². The fraction of sp³-hybridized carbons (Fsp3) is 0.160. The number of aromatic amines is 1. The molecule has 0 saturated heterocycles. The Labute approximate surface area is 204 Å². The Balaban J connectivity index is 1.23. The van der Waals surface area contributed by atoms with Crippen LogP contribution in [0.15, 0.2) is 82.7 Å². The number of thiazole rings is 1. The summed E-state index contributed by atoms with van der Waals surface area (Å²) < 4.78 is 8.42. The number of aromatic nitrogens is 5. The molecule has 0 atom stereocenters. The number of oxime groups is 1. The van der Waals surface area contributed by atoms with E-state index in [0.717, 1.165) is 39.1 Å². The van der Waals surface area contributed by atoms with Crippen molar-refractivity contribution in [2.24, 2.45) is 5.16 Å². The van der Waals surface area contributed by atoms with Gasteiger partial charge in [-0.3, -0.25) is 9.36 Å². The van der Waals surface area contributed by atoms with Gasteiger partial charge in [-0.15, -0.1) is 10.2 Å². The zero-order chi connectivity index (χ0) is 24.0. The van der Waals surface area contributed by atoms with E-state index < -0.39 is 0 Å². The molecule has 0 saturated carbocycles. The van der Waals surface area contributed by atoms with E-state index in [1.54, 1.807) is 4.57 Å².